The molecule has 0 aromatic heterocycles. The normalized spacial score (nSPS) is 20.2. The smallest absolute Gasteiger partial charge is 0.261 e. The van der Waals surface area contributed by atoms with E-state index in [1.54, 1.807) is 36.4 Å². The van der Waals surface area contributed by atoms with Gasteiger partial charge in [0.05, 0.1) is 16.4 Å². The molecule has 8 heteroatoms. The summed E-state index contributed by atoms with van der Waals surface area (Å²) in [5.41, 5.74) is 0.878. The Morgan fingerprint density at radius 3 is 2.38 bits per heavy atom. The molecule has 1 heterocycles. The third kappa shape index (κ3) is 4.49. The van der Waals surface area contributed by atoms with Gasteiger partial charge in [-0.05, 0) is 67.6 Å². The van der Waals surface area contributed by atoms with Gasteiger partial charge >= 0.3 is 0 Å². The summed E-state index contributed by atoms with van der Waals surface area (Å²) in [4.78, 5) is 12.9. The van der Waals surface area contributed by atoms with Crippen molar-refractivity contribution in [2.24, 2.45) is 0 Å². The highest BCUT2D eigenvalue weighted by Gasteiger charge is 2.51. The number of carbonyl (C=O) groups is 1. The van der Waals surface area contributed by atoms with Crippen molar-refractivity contribution >= 4 is 37.5 Å². The molecule has 2 aromatic rings. The lowest BCUT2D eigenvalue weighted by atomic mass is 9.94. The van der Waals surface area contributed by atoms with Crippen molar-refractivity contribution in [1.82, 2.24) is 5.32 Å². The Kier molecular flexibility index (Phi) is 5.68. The van der Waals surface area contributed by atoms with Gasteiger partial charge in [0.15, 0.2) is 0 Å². The number of rotatable bonds is 7. The second kappa shape index (κ2) is 8.08. The molecule has 1 saturated heterocycles. The van der Waals surface area contributed by atoms with E-state index in [9.17, 15) is 13.2 Å². The monoisotopic (exact) mass is 478 g/mol. The Balaban J connectivity index is 1.42. The van der Waals surface area contributed by atoms with E-state index >= 15 is 0 Å². The molecule has 2 fully saturated rings. The maximum atomic E-state index is 12.7. The van der Waals surface area contributed by atoms with Crippen LogP contribution >= 0.6 is 15.9 Å². The number of halogens is 1. The molecule has 4 rings (SSSR count). The van der Waals surface area contributed by atoms with Crippen molar-refractivity contribution in [3.63, 3.8) is 0 Å². The summed E-state index contributed by atoms with van der Waals surface area (Å²) < 4.78 is 34.0. The Morgan fingerprint density at radius 2 is 1.79 bits per heavy atom. The third-order valence-corrected chi connectivity index (χ3v) is 7.44. The topological polar surface area (TPSA) is 84.5 Å². The molecule has 0 bridgehead atoms. The fourth-order valence-electron chi connectivity index (χ4n) is 3.64. The molecule has 0 unspecified atom stereocenters. The Bertz CT molecular complexity index is 980. The van der Waals surface area contributed by atoms with Crippen LogP contribution in [-0.2, 0) is 25.0 Å². The van der Waals surface area contributed by atoms with Gasteiger partial charge in [0.1, 0.15) is 0 Å². The molecule has 154 valence electrons. The van der Waals surface area contributed by atoms with Crippen molar-refractivity contribution in [3.8, 4) is 0 Å². The van der Waals surface area contributed by atoms with Crippen LogP contribution in [0.5, 0.6) is 0 Å². The number of ether oxygens (including phenoxy) is 1. The van der Waals surface area contributed by atoms with Crippen LogP contribution in [0.4, 0.5) is 5.69 Å². The zero-order valence-electron chi connectivity index (χ0n) is 15.9. The van der Waals surface area contributed by atoms with Gasteiger partial charge in [-0.1, -0.05) is 28.1 Å². The number of benzene rings is 2. The van der Waals surface area contributed by atoms with Gasteiger partial charge in [-0.2, -0.15) is 0 Å². The van der Waals surface area contributed by atoms with Crippen molar-refractivity contribution in [3.05, 3.63) is 58.6 Å². The maximum absolute atomic E-state index is 12.7. The van der Waals surface area contributed by atoms with Crippen LogP contribution < -0.4 is 10.0 Å². The quantitative estimate of drug-likeness (QED) is 0.636. The molecule has 2 aromatic carbocycles. The van der Waals surface area contributed by atoms with Crippen LogP contribution in [-0.4, -0.2) is 33.6 Å². The average molecular weight is 479 g/mol. The van der Waals surface area contributed by atoms with E-state index in [4.69, 9.17) is 4.74 Å². The van der Waals surface area contributed by atoms with Crippen molar-refractivity contribution in [1.29, 1.82) is 0 Å². The van der Waals surface area contributed by atoms with E-state index in [-0.39, 0.29) is 16.9 Å². The Labute approximate surface area is 179 Å². The van der Waals surface area contributed by atoms with E-state index in [2.05, 4.69) is 26.0 Å². The SMILES string of the molecule is O=C(NC[C@H]1CCCO1)C1(c2ccc(NS(=O)(=O)c3ccc(Br)cc3)cc2)CC1. The summed E-state index contributed by atoms with van der Waals surface area (Å²) in [5.74, 6) is 0.0243. The van der Waals surface area contributed by atoms with E-state index < -0.39 is 15.4 Å². The van der Waals surface area contributed by atoms with Gasteiger partial charge in [-0.15, -0.1) is 0 Å². The molecule has 2 N–H and O–H groups in total. The summed E-state index contributed by atoms with van der Waals surface area (Å²) in [6.07, 6.45) is 3.75. The largest absolute Gasteiger partial charge is 0.376 e. The molecule has 1 aliphatic heterocycles. The summed E-state index contributed by atoms with van der Waals surface area (Å²) >= 11 is 3.30. The highest BCUT2D eigenvalue weighted by atomic mass is 79.9. The first kappa shape index (κ1) is 20.4. The van der Waals surface area contributed by atoms with Gasteiger partial charge in [0, 0.05) is 23.3 Å². The standard InChI is InChI=1S/C21H23BrN2O4S/c22-16-5-9-19(10-6-16)29(26,27)24-17-7-3-15(4-8-17)21(11-12-21)20(25)23-14-18-2-1-13-28-18/h3-10,18,24H,1-2,11-14H2,(H,23,25)/t18-/m1/s1. The summed E-state index contributed by atoms with van der Waals surface area (Å²) in [6.45, 7) is 1.31. The second-order valence-electron chi connectivity index (χ2n) is 7.56. The van der Waals surface area contributed by atoms with Crippen LogP contribution in [0.25, 0.3) is 0 Å². The molecule has 1 atom stereocenters. The minimum Gasteiger partial charge on any atom is -0.376 e. The van der Waals surface area contributed by atoms with Crippen LogP contribution in [0.3, 0.4) is 0 Å². The molecule has 0 radical (unpaired) electrons. The van der Waals surface area contributed by atoms with Crippen LogP contribution in [0.2, 0.25) is 0 Å². The van der Waals surface area contributed by atoms with Crippen LogP contribution in [0, 0.1) is 0 Å². The van der Waals surface area contributed by atoms with Crippen molar-refractivity contribution in [2.45, 2.75) is 42.1 Å². The van der Waals surface area contributed by atoms with E-state index in [0.29, 0.717) is 12.2 Å². The molecular formula is C21H23BrN2O4S. The van der Waals surface area contributed by atoms with Gasteiger partial charge in [0.25, 0.3) is 10.0 Å². The number of carbonyl (C=O) groups excluding carboxylic acids is 1. The number of nitrogens with one attached hydrogen (secondary N) is 2. The lowest BCUT2D eigenvalue weighted by Gasteiger charge is -2.18. The van der Waals surface area contributed by atoms with Crippen molar-refractivity contribution in [2.75, 3.05) is 17.9 Å². The second-order valence-corrected chi connectivity index (χ2v) is 10.2. The van der Waals surface area contributed by atoms with E-state index in [1.807, 2.05) is 12.1 Å². The number of hydrogen-bond acceptors (Lipinski definition) is 4. The first-order chi connectivity index (χ1) is 13.9. The Hall–Kier alpha value is -1.90. The van der Waals surface area contributed by atoms with E-state index in [0.717, 1.165) is 42.3 Å². The highest BCUT2D eigenvalue weighted by Crippen LogP contribution is 2.48. The van der Waals surface area contributed by atoms with Crippen LogP contribution in [0.15, 0.2) is 57.9 Å². The molecule has 2 aliphatic rings. The predicted octanol–water partition coefficient (Wildman–Crippen LogP) is 3.58. The number of anilines is 1. The molecule has 1 saturated carbocycles. The maximum Gasteiger partial charge on any atom is 0.261 e. The summed E-state index contributed by atoms with van der Waals surface area (Å²) in [6, 6.07) is 13.5. The molecule has 1 amide bonds. The molecule has 1 aliphatic carbocycles. The fourth-order valence-corrected chi connectivity index (χ4v) is 4.96. The Morgan fingerprint density at radius 1 is 1.10 bits per heavy atom. The lowest BCUT2D eigenvalue weighted by Crippen LogP contribution is -2.39. The van der Waals surface area contributed by atoms with Gasteiger partial charge in [0.2, 0.25) is 5.91 Å². The third-order valence-electron chi connectivity index (χ3n) is 5.51. The van der Waals surface area contributed by atoms with Gasteiger partial charge in [-0.3, -0.25) is 9.52 Å². The number of hydrogen-bond donors (Lipinski definition) is 2. The highest BCUT2D eigenvalue weighted by molar-refractivity contribution is 9.10. The predicted molar refractivity (Wildman–Crippen MR) is 114 cm³/mol. The van der Waals surface area contributed by atoms with E-state index in [1.165, 1.54) is 0 Å². The van der Waals surface area contributed by atoms with Gasteiger partial charge < -0.3 is 10.1 Å². The van der Waals surface area contributed by atoms with Crippen LogP contribution in [0.1, 0.15) is 31.2 Å². The number of sulfonamides is 1. The van der Waals surface area contributed by atoms with Gasteiger partial charge in [-0.25, -0.2) is 8.42 Å². The first-order valence-electron chi connectivity index (χ1n) is 9.68. The minimum absolute atomic E-state index is 0.0243. The summed E-state index contributed by atoms with van der Waals surface area (Å²) in [5, 5.41) is 3.03. The molecule has 6 nitrogen and oxygen atoms in total. The van der Waals surface area contributed by atoms with Crippen molar-refractivity contribution < 1.29 is 17.9 Å². The zero-order chi connectivity index (χ0) is 20.5. The summed E-state index contributed by atoms with van der Waals surface area (Å²) in [7, 11) is -3.66. The fraction of sp³-hybridized carbons (Fsp3) is 0.381. The molecule has 0 spiro atoms. The number of amides is 1. The molecule has 29 heavy (non-hydrogen) atoms. The lowest BCUT2D eigenvalue weighted by molar-refractivity contribution is -0.124. The molecular weight excluding hydrogens is 456 g/mol. The average Bonchev–Trinajstić information content (AvgIpc) is 3.35. The first-order valence-corrected chi connectivity index (χ1v) is 12.0. The minimum atomic E-state index is -3.66. The zero-order valence-corrected chi connectivity index (χ0v) is 18.3.